The minimum atomic E-state index is -0.450. The standard InChI is InChI=1S/C10H16N2O/c1-4-6-8(9(11)5-2)7(3)10(12)13/h4-5,9H,1-2,6,11H2,3H3,(H2,12,13). The van der Waals surface area contributed by atoms with Gasteiger partial charge in [0.2, 0.25) is 5.91 Å². The first-order valence-electron chi connectivity index (χ1n) is 4.03. The van der Waals surface area contributed by atoms with Gasteiger partial charge in [-0.1, -0.05) is 12.2 Å². The Kier molecular flexibility index (Phi) is 4.77. The Labute approximate surface area is 78.8 Å². The predicted molar refractivity (Wildman–Crippen MR) is 54.9 cm³/mol. The zero-order valence-corrected chi connectivity index (χ0v) is 7.92. The molecule has 0 aliphatic heterocycles. The maximum absolute atomic E-state index is 10.9. The largest absolute Gasteiger partial charge is 0.366 e. The third kappa shape index (κ3) is 3.25. The second-order valence-electron chi connectivity index (χ2n) is 2.77. The molecule has 0 heterocycles. The van der Waals surface area contributed by atoms with Crippen LogP contribution in [0.1, 0.15) is 13.3 Å². The molecule has 0 aromatic rings. The van der Waals surface area contributed by atoms with Crippen LogP contribution in [0.25, 0.3) is 0 Å². The number of carbonyl (C=O) groups is 1. The first kappa shape index (κ1) is 11.6. The molecular formula is C10H16N2O. The molecule has 0 spiro atoms. The van der Waals surface area contributed by atoms with Crippen LogP contribution in [0.2, 0.25) is 0 Å². The smallest absolute Gasteiger partial charge is 0.244 e. The van der Waals surface area contributed by atoms with Crippen molar-refractivity contribution >= 4 is 5.91 Å². The zero-order valence-electron chi connectivity index (χ0n) is 7.92. The first-order valence-corrected chi connectivity index (χ1v) is 4.03. The average molecular weight is 180 g/mol. The maximum Gasteiger partial charge on any atom is 0.244 e. The van der Waals surface area contributed by atoms with Crippen LogP contribution in [-0.2, 0) is 4.79 Å². The van der Waals surface area contributed by atoms with Crippen molar-refractivity contribution in [2.45, 2.75) is 19.4 Å². The Morgan fingerprint density at radius 1 is 1.54 bits per heavy atom. The van der Waals surface area contributed by atoms with Crippen LogP contribution < -0.4 is 11.5 Å². The molecule has 0 aliphatic carbocycles. The number of hydrogen-bond acceptors (Lipinski definition) is 2. The van der Waals surface area contributed by atoms with E-state index in [1.165, 1.54) is 0 Å². The molecule has 3 nitrogen and oxygen atoms in total. The van der Waals surface area contributed by atoms with E-state index in [2.05, 4.69) is 13.2 Å². The van der Waals surface area contributed by atoms with Gasteiger partial charge in [-0.3, -0.25) is 4.79 Å². The van der Waals surface area contributed by atoms with Crippen LogP contribution in [0, 0.1) is 0 Å². The van der Waals surface area contributed by atoms with Crippen LogP contribution >= 0.6 is 0 Å². The summed E-state index contributed by atoms with van der Waals surface area (Å²) in [5.74, 6) is -0.450. The van der Waals surface area contributed by atoms with Crippen molar-refractivity contribution in [2.24, 2.45) is 11.5 Å². The lowest BCUT2D eigenvalue weighted by Crippen LogP contribution is -2.24. The Hall–Kier alpha value is -1.35. The average Bonchev–Trinajstić information content (AvgIpc) is 2.11. The fraction of sp³-hybridized carbons (Fsp3) is 0.300. The van der Waals surface area contributed by atoms with E-state index in [0.29, 0.717) is 12.0 Å². The van der Waals surface area contributed by atoms with Crippen LogP contribution in [0.15, 0.2) is 36.5 Å². The Balaban J connectivity index is 4.96. The molecule has 0 radical (unpaired) electrons. The minimum Gasteiger partial charge on any atom is -0.366 e. The second-order valence-corrected chi connectivity index (χ2v) is 2.77. The van der Waals surface area contributed by atoms with Gasteiger partial charge in [0.25, 0.3) is 0 Å². The summed E-state index contributed by atoms with van der Waals surface area (Å²) >= 11 is 0. The highest BCUT2D eigenvalue weighted by Gasteiger charge is 2.10. The van der Waals surface area contributed by atoms with Crippen LogP contribution in [0.3, 0.4) is 0 Å². The van der Waals surface area contributed by atoms with Gasteiger partial charge >= 0.3 is 0 Å². The summed E-state index contributed by atoms with van der Waals surface area (Å²) in [6.07, 6.45) is 3.82. The van der Waals surface area contributed by atoms with Crippen LogP contribution in [-0.4, -0.2) is 11.9 Å². The lowest BCUT2D eigenvalue weighted by molar-refractivity contribution is -0.114. The molecule has 0 fully saturated rings. The zero-order chi connectivity index (χ0) is 10.4. The maximum atomic E-state index is 10.9. The molecule has 3 heteroatoms. The van der Waals surface area contributed by atoms with E-state index < -0.39 is 5.91 Å². The molecule has 1 amide bonds. The molecule has 0 saturated heterocycles. The Morgan fingerprint density at radius 2 is 2.08 bits per heavy atom. The SMILES string of the molecule is C=CCC(=C(C)C(N)=O)C(N)C=C. The molecule has 0 aliphatic rings. The fourth-order valence-electron chi connectivity index (χ4n) is 0.995. The van der Waals surface area contributed by atoms with Gasteiger partial charge in [-0.15, -0.1) is 13.2 Å². The van der Waals surface area contributed by atoms with Gasteiger partial charge in [-0.25, -0.2) is 0 Å². The van der Waals surface area contributed by atoms with E-state index in [1.807, 2.05) is 0 Å². The van der Waals surface area contributed by atoms with Crippen molar-refractivity contribution in [1.82, 2.24) is 0 Å². The molecule has 0 aromatic carbocycles. The molecule has 72 valence electrons. The number of primary amides is 1. The number of allylic oxidation sites excluding steroid dienone is 1. The summed E-state index contributed by atoms with van der Waals surface area (Å²) in [6, 6.07) is -0.328. The van der Waals surface area contributed by atoms with Gasteiger partial charge < -0.3 is 11.5 Å². The van der Waals surface area contributed by atoms with Gasteiger partial charge in [0.1, 0.15) is 0 Å². The third-order valence-electron chi connectivity index (χ3n) is 1.87. The normalized spacial score (nSPS) is 14.3. The van der Waals surface area contributed by atoms with E-state index in [1.54, 1.807) is 19.1 Å². The molecule has 0 aromatic heterocycles. The van der Waals surface area contributed by atoms with E-state index in [4.69, 9.17) is 11.5 Å². The molecule has 1 unspecified atom stereocenters. The van der Waals surface area contributed by atoms with Crippen molar-refractivity contribution in [1.29, 1.82) is 0 Å². The van der Waals surface area contributed by atoms with Gasteiger partial charge in [-0.05, 0) is 18.9 Å². The van der Waals surface area contributed by atoms with Crippen LogP contribution in [0.5, 0.6) is 0 Å². The van der Waals surface area contributed by atoms with Gasteiger partial charge in [0.05, 0.1) is 0 Å². The van der Waals surface area contributed by atoms with Gasteiger partial charge in [0, 0.05) is 11.6 Å². The number of carbonyl (C=O) groups excluding carboxylic acids is 1. The van der Waals surface area contributed by atoms with Crippen molar-refractivity contribution in [3.8, 4) is 0 Å². The lowest BCUT2D eigenvalue weighted by atomic mass is 9.98. The Morgan fingerprint density at radius 3 is 2.38 bits per heavy atom. The molecule has 4 N–H and O–H groups in total. The third-order valence-corrected chi connectivity index (χ3v) is 1.87. The van der Waals surface area contributed by atoms with E-state index >= 15 is 0 Å². The quantitative estimate of drug-likeness (QED) is 0.487. The van der Waals surface area contributed by atoms with Crippen LogP contribution in [0.4, 0.5) is 0 Å². The summed E-state index contributed by atoms with van der Waals surface area (Å²) in [5, 5.41) is 0. The fourth-order valence-corrected chi connectivity index (χ4v) is 0.995. The molecular weight excluding hydrogens is 164 g/mol. The van der Waals surface area contributed by atoms with Crippen molar-refractivity contribution < 1.29 is 4.79 Å². The molecule has 13 heavy (non-hydrogen) atoms. The van der Waals surface area contributed by atoms with Crippen molar-refractivity contribution in [3.63, 3.8) is 0 Å². The molecule has 0 rings (SSSR count). The summed E-state index contributed by atoms with van der Waals surface area (Å²) < 4.78 is 0. The monoisotopic (exact) mass is 180 g/mol. The minimum absolute atomic E-state index is 0.328. The predicted octanol–water partition coefficient (Wildman–Crippen LogP) is 0.878. The lowest BCUT2D eigenvalue weighted by Gasteiger charge is -2.12. The van der Waals surface area contributed by atoms with E-state index in [9.17, 15) is 4.79 Å². The highest BCUT2D eigenvalue weighted by Crippen LogP contribution is 2.13. The van der Waals surface area contributed by atoms with E-state index in [-0.39, 0.29) is 6.04 Å². The summed E-state index contributed by atoms with van der Waals surface area (Å²) in [5.41, 5.74) is 12.1. The number of nitrogens with two attached hydrogens (primary N) is 2. The van der Waals surface area contributed by atoms with Gasteiger partial charge in [0.15, 0.2) is 0 Å². The topological polar surface area (TPSA) is 69.1 Å². The van der Waals surface area contributed by atoms with Gasteiger partial charge in [-0.2, -0.15) is 0 Å². The Bertz CT molecular complexity index is 254. The number of hydrogen-bond donors (Lipinski definition) is 2. The first-order chi connectivity index (χ1) is 6.04. The number of amides is 1. The highest BCUT2D eigenvalue weighted by atomic mass is 16.1. The summed E-state index contributed by atoms with van der Waals surface area (Å²) in [4.78, 5) is 10.9. The van der Waals surface area contributed by atoms with Crippen molar-refractivity contribution in [2.75, 3.05) is 0 Å². The highest BCUT2D eigenvalue weighted by molar-refractivity contribution is 5.92. The number of rotatable bonds is 5. The van der Waals surface area contributed by atoms with E-state index in [0.717, 1.165) is 5.57 Å². The molecule has 0 saturated carbocycles. The summed E-state index contributed by atoms with van der Waals surface area (Å²) in [6.45, 7) is 8.80. The second kappa shape index (κ2) is 5.32. The molecule has 1 atom stereocenters. The van der Waals surface area contributed by atoms with Crippen molar-refractivity contribution in [3.05, 3.63) is 36.5 Å². The summed E-state index contributed by atoms with van der Waals surface area (Å²) in [7, 11) is 0. The molecule has 0 bridgehead atoms.